The zero-order valence-electron chi connectivity index (χ0n) is 16.8. The predicted molar refractivity (Wildman–Crippen MR) is 109 cm³/mol. The number of quaternary nitrogens is 1. The number of hydrogen-bond acceptors (Lipinski definition) is 5. The molecule has 2 aliphatic rings. The van der Waals surface area contributed by atoms with Crippen molar-refractivity contribution in [2.75, 3.05) is 44.8 Å². The number of carbonyl (C=O) groups is 3. The summed E-state index contributed by atoms with van der Waals surface area (Å²) in [7, 11) is 0. The summed E-state index contributed by atoms with van der Waals surface area (Å²) < 4.78 is 10.7. The molecule has 8 nitrogen and oxygen atoms in total. The molecule has 0 saturated carbocycles. The number of carbonyl (C=O) groups excluding carboxylic acids is 3. The van der Waals surface area contributed by atoms with Gasteiger partial charge >= 0.3 is 0 Å². The Kier molecular flexibility index (Phi) is 5.67. The van der Waals surface area contributed by atoms with Gasteiger partial charge in [-0.05, 0) is 25.1 Å². The fourth-order valence-electron chi connectivity index (χ4n) is 3.72. The molecule has 4 rings (SSSR count). The third-order valence-electron chi connectivity index (χ3n) is 5.36. The van der Waals surface area contributed by atoms with E-state index < -0.39 is 0 Å². The van der Waals surface area contributed by atoms with Gasteiger partial charge in [0.2, 0.25) is 6.79 Å². The molecule has 0 atom stereocenters. The Morgan fingerprint density at radius 3 is 2.37 bits per heavy atom. The zero-order valence-corrected chi connectivity index (χ0v) is 16.8. The lowest BCUT2D eigenvalue weighted by atomic mass is 10.1. The zero-order chi connectivity index (χ0) is 21.1. The highest BCUT2D eigenvalue weighted by Crippen LogP contribution is 2.37. The number of nitrogens with one attached hydrogen (secondary N) is 2. The normalized spacial score (nSPS) is 15.7. The quantitative estimate of drug-likeness (QED) is 0.705. The third kappa shape index (κ3) is 4.28. The van der Waals surface area contributed by atoms with Gasteiger partial charge in [0, 0.05) is 17.2 Å². The van der Waals surface area contributed by atoms with Gasteiger partial charge in [-0.3, -0.25) is 14.4 Å². The average Bonchev–Trinajstić information content (AvgIpc) is 3.21. The minimum Gasteiger partial charge on any atom is -0.454 e. The smallest absolute Gasteiger partial charge is 0.279 e. The van der Waals surface area contributed by atoms with E-state index in [0.29, 0.717) is 54.5 Å². The molecule has 2 aromatic rings. The van der Waals surface area contributed by atoms with Gasteiger partial charge in [-0.25, -0.2) is 0 Å². The molecule has 2 aliphatic heterocycles. The standard InChI is InChI=1S/C22H23N3O5/c1-15(26)17-11-19-20(30-14-29-19)12-18(17)23-21(27)13-24-7-9-25(10-8-24)22(28)16-5-3-2-4-6-16/h2-6,11-12H,7-10,13-14H2,1H3,(H,23,27)/p+1. The molecular formula is C22H24N3O5+. The van der Waals surface area contributed by atoms with Crippen molar-refractivity contribution in [3.8, 4) is 11.5 Å². The summed E-state index contributed by atoms with van der Waals surface area (Å²) in [6.45, 7) is 4.37. The van der Waals surface area contributed by atoms with Gasteiger partial charge in [0.15, 0.2) is 23.8 Å². The van der Waals surface area contributed by atoms with Gasteiger partial charge in [-0.2, -0.15) is 0 Å². The first-order chi connectivity index (χ1) is 14.5. The number of rotatable bonds is 5. The first kappa shape index (κ1) is 19.9. The van der Waals surface area contributed by atoms with Crippen molar-refractivity contribution in [1.29, 1.82) is 0 Å². The Labute approximate surface area is 174 Å². The summed E-state index contributed by atoms with van der Waals surface area (Å²) in [5.74, 6) is 0.683. The van der Waals surface area contributed by atoms with E-state index in [0.717, 1.165) is 4.90 Å². The van der Waals surface area contributed by atoms with E-state index >= 15 is 0 Å². The van der Waals surface area contributed by atoms with Crippen molar-refractivity contribution in [3.05, 3.63) is 53.6 Å². The lowest BCUT2D eigenvalue weighted by Gasteiger charge is -2.32. The molecular weight excluding hydrogens is 386 g/mol. The maximum absolute atomic E-state index is 12.6. The number of anilines is 1. The topological polar surface area (TPSA) is 89.4 Å². The minimum absolute atomic E-state index is 0.0190. The van der Waals surface area contributed by atoms with Gasteiger partial charge < -0.3 is 24.6 Å². The first-order valence-electron chi connectivity index (χ1n) is 9.93. The van der Waals surface area contributed by atoms with Crippen molar-refractivity contribution in [2.24, 2.45) is 0 Å². The van der Waals surface area contributed by atoms with E-state index in [9.17, 15) is 14.4 Å². The highest BCUT2D eigenvalue weighted by atomic mass is 16.7. The molecule has 156 valence electrons. The Morgan fingerprint density at radius 2 is 1.70 bits per heavy atom. The molecule has 2 N–H and O–H groups in total. The molecule has 0 aliphatic carbocycles. The first-order valence-corrected chi connectivity index (χ1v) is 9.93. The molecule has 1 saturated heterocycles. The number of fused-ring (bicyclic) bond motifs is 1. The summed E-state index contributed by atoms with van der Waals surface area (Å²) in [6, 6.07) is 12.4. The van der Waals surface area contributed by atoms with Crippen LogP contribution < -0.4 is 19.7 Å². The van der Waals surface area contributed by atoms with Crippen LogP contribution in [0.1, 0.15) is 27.6 Å². The van der Waals surface area contributed by atoms with Gasteiger partial charge in [-0.1, -0.05) is 18.2 Å². The van der Waals surface area contributed by atoms with Crippen molar-refractivity contribution in [2.45, 2.75) is 6.92 Å². The predicted octanol–water partition coefficient (Wildman–Crippen LogP) is 0.597. The molecule has 0 spiro atoms. The number of nitrogens with zero attached hydrogens (tertiary/aromatic N) is 1. The van der Waals surface area contributed by atoms with Crippen LogP contribution in [0.4, 0.5) is 5.69 Å². The van der Waals surface area contributed by atoms with Crippen molar-refractivity contribution in [3.63, 3.8) is 0 Å². The molecule has 2 heterocycles. The van der Waals surface area contributed by atoms with Crippen LogP contribution in [0.3, 0.4) is 0 Å². The number of ether oxygens (including phenoxy) is 2. The lowest BCUT2D eigenvalue weighted by Crippen LogP contribution is -3.15. The van der Waals surface area contributed by atoms with Gasteiger partial charge in [0.1, 0.15) is 0 Å². The second-order valence-corrected chi connectivity index (χ2v) is 7.44. The van der Waals surface area contributed by atoms with Gasteiger partial charge in [-0.15, -0.1) is 0 Å². The summed E-state index contributed by atoms with van der Waals surface area (Å²) in [4.78, 5) is 40.0. The van der Waals surface area contributed by atoms with Gasteiger partial charge in [0.25, 0.3) is 11.8 Å². The molecule has 0 radical (unpaired) electrons. The molecule has 0 aromatic heterocycles. The minimum atomic E-state index is -0.186. The monoisotopic (exact) mass is 410 g/mol. The molecule has 8 heteroatoms. The van der Waals surface area contributed by atoms with Crippen molar-refractivity contribution >= 4 is 23.3 Å². The van der Waals surface area contributed by atoms with Crippen LogP contribution >= 0.6 is 0 Å². The number of amides is 2. The number of hydrogen-bond donors (Lipinski definition) is 2. The molecule has 0 unspecified atom stereocenters. The van der Waals surface area contributed by atoms with Gasteiger partial charge in [0.05, 0.1) is 31.9 Å². The Hall–Kier alpha value is -3.39. The van der Waals surface area contributed by atoms with Crippen molar-refractivity contribution in [1.82, 2.24) is 4.90 Å². The molecule has 30 heavy (non-hydrogen) atoms. The van der Waals surface area contributed by atoms with Crippen LogP contribution in [0.15, 0.2) is 42.5 Å². The third-order valence-corrected chi connectivity index (χ3v) is 5.36. The largest absolute Gasteiger partial charge is 0.454 e. The summed E-state index contributed by atoms with van der Waals surface area (Å²) >= 11 is 0. The Balaban J connectivity index is 1.34. The highest BCUT2D eigenvalue weighted by Gasteiger charge is 2.27. The van der Waals surface area contributed by atoms with Crippen LogP contribution in [-0.4, -0.2) is 62.0 Å². The number of benzene rings is 2. The average molecular weight is 410 g/mol. The summed E-state index contributed by atoms with van der Waals surface area (Å²) in [5.41, 5.74) is 1.49. The highest BCUT2D eigenvalue weighted by molar-refractivity contribution is 6.04. The van der Waals surface area contributed by atoms with Crippen LogP contribution in [0, 0.1) is 0 Å². The second-order valence-electron chi connectivity index (χ2n) is 7.44. The lowest BCUT2D eigenvalue weighted by molar-refractivity contribution is -0.895. The Bertz CT molecular complexity index is 968. The second kappa shape index (κ2) is 8.54. The molecule has 2 amide bonds. The fourth-order valence-corrected chi connectivity index (χ4v) is 3.72. The maximum Gasteiger partial charge on any atom is 0.279 e. The summed E-state index contributed by atoms with van der Waals surface area (Å²) in [5, 5.41) is 2.83. The molecule has 1 fully saturated rings. The SMILES string of the molecule is CC(=O)c1cc2c(cc1NC(=O)C[NH+]1CCN(C(=O)c3ccccc3)CC1)OCO2. The van der Waals surface area contributed by atoms with E-state index in [1.54, 1.807) is 12.1 Å². The summed E-state index contributed by atoms with van der Waals surface area (Å²) in [6.07, 6.45) is 0. The van der Waals surface area contributed by atoms with Crippen LogP contribution in [0.25, 0.3) is 0 Å². The fraction of sp³-hybridized carbons (Fsp3) is 0.318. The molecule has 0 bridgehead atoms. The number of ketones is 1. The van der Waals surface area contributed by atoms with E-state index in [2.05, 4.69) is 5.32 Å². The Morgan fingerprint density at radius 1 is 1.03 bits per heavy atom. The van der Waals surface area contributed by atoms with Crippen molar-refractivity contribution < 1.29 is 28.8 Å². The maximum atomic E-state index is 12.6. The van der Waals surface area contributed by atoms with E-state index in [4.69, 9.17) is 9.47 Å². The van der Waals surface area contributed by atoms with Crippen LogP contribution in [0.2, 0.25) is 0 Å². The van der Waals surface area contributed by atoms with E-state index in [1.807, 2.05) is 35.2 Å². The van der Waals surface area contributed by atoms with Crippen LogP contribution in [0.5, 0.6) is 11.5 Å². The number of Topliss-reactive ketones (excluding diaryl/α,β-unsaturated/α-hetero) is 1. The van der Waals surface area contributed by atoms with E-state index in [1.165, 1.54) is 6.92 Å². The molecule has 2 aromatic carbocycles. The van der Waals surface area contributed by atoms with E-state index in [-0.39, 0.29) is 30.9 Å². The number of piperazine rings is 1. The van der Waals surface area contributed by atoms with Crippen LogP contribution in [-0.2, 0) is 4.79 Å².